The second-order valence-corrected chi connectivity index (χ2v) is 17.2. The summed E-state index contributed by atoms with van der Waals surface area (Å²) in [5, 5.41) is 40.2. The van der Waals surface area contributed by atoms with E-state index in [4.69, 9.17) is 18.9 Å². The topological polar surface area (TPSA) is 135 Å². The number of allylic oxidation sites excluding steroid dienone is 12. The van der Waals surface area contributed by atoms with Gasteiger partial charge in [-0.3, -0.25) is 4.79 Å². The first-order valence-electron chi connectivity index (χ1n) is 25.5. The number of hydrogen-bond acceptors (Lipinski definition) is 9. The second kappa shape index (κ2) is 44.8. The van der Waals surface area contributed by atoms with Crippen molar-refractivity contribution in [1.82, 2.24) is 0 Å². The highest BCUT2D eigenvalue weighted by Crippen LogP contribution is 2.23. The molecule has 1 saturated heterocycles. The van der Waals surface area contributed by atoms with Crippen LogP contribution in [0.1, 0.15) is 200 Å². The number of ether oxygens (including phenoxy) is 4. The van der Waals surface area contributed by atoms with Gasteiger partial charge in [0.15, 0.2) is 6.29 Å². The van der Waals surface area contributed by atoms with E-state index in [1.54, 1.807) is 0 Å². The van der Waals surface area contributed by atoms with Crippen molar-refractivity contribution in [2.24, 2.45) is 0 Å². The fourth-order valence-corrected chi connectivity index (χ4v) is 7.38. The van der Waals surface area contributed by atoms with Crippen LogP contribution < -0.4 is 0 Å². The van der Waals surface area contributed by atoms with Crippen molar-refractivity contribution >= 4 is 5.97 Å². The average molecular weight is 887 g/mol. The number of carbonyl (C=O) groups is 1. The molecule has 0 radical (unpaired) electrons. The van der Waals surface area contributed by atoms with Crippen molar-refractivity contribution in [2.45, 2.75) is 237 Å². The molecule has 63 heavy (non-hydrogen) atoms. The summed E-state index contributed by atoms with van der Waals surface area (Å²) in [5.74, 6) is -0.322. The first-order valence-corrected chi connectivity index (χ1v) is 25.5. The molecule has 1 fully saturated rings. The van der Waals surface area contributed by atoms with Gasteiger partial charge in [0.2, 0.25) is 0 Å². The van der Waals surface area contributed by atoms with E-state index in [2.05, 4.69) is 86.8 Å². The molecule has 0 aromatic carbocycles. The summed E-state index contributed by atoms with van der Waals surface area (Å²) >= 11 is 0. The first kappa shape index (κ1) is 58.6. The fraction of sp³-hybridized carbons (Fsp3) is 0.759. The molecule has 1 rings (SSSR count). The number of hydrogen-bond donors (Lipinski definition) is 4. The minimum atomic E-state index is -1.54. The van der Waals surface area contributed by atoms with E-state index in [0.717, 1.165) is 77.0 Å². The SMILES string of the molecule is CC/C=C\C/C=C\C/C=C\C/C=C\CCCCCCCCCCCCCCC(=O)OC(COCCCCCCCC/C=C\C/C=C\CCCC)COC1OC(CO)C(O)C(O)C1O. The third-order valence-corrected chi connectivity index (χ3v) is 11.4. The van der Waals surface area contributed by atoms with Crippen LogP contribution in [0.5, 0.6) is 0 Å². The average Bonchev–Trinajstić information content (AvgIpc) is 3.28. The summed E-state index contributed by atoms with van der Waals surface area (Å²) in [6, 6.07) is 0. The van der Waals surface area contributed by atoms with Crippen molar-refractivity contribution in [2.75, 3.05) is 26.4 Å². The van der Waals surface area contributed by atoms with Gasteiger partial charge in [0.25, 0.3) is 0 Å². The van der Waals surface area contributed by atoms with Crippen LogP contribution in [0.4, 0.5) is 0 Å². The van der Waals surface area contributed by atoms with Crippen LogP contribution in [0.3, 0.4) is 0 Å². The Morgan fingerprint density at radius 1 is 0.524 bits per heavy atom. The first-order chi connectivity index (χ1) is 30.9. The maximum absolute atomic E-state index is 12.8. The number of esters is 1. The normalized spacial score (nSPS) is 20.3. The molecule has 0 spiro atoms. The van der Waals surface area contributed by atoms with E-state index in [1.807, 2.05) is 0 Å². The van der Waals surface area contributed by atoms with Crippen LogP contribution in [-0.2, 0) is 23.7 Å². The van der Waals surface area contributed by atoms with Gasteiger partial charge in [0.05, 0.1) is 19.8 Å². The van der Waals surface area contributed by atoms with Gasteiger partial charge in [-0.2, -0.15) is 0 Å². The lowest BCUT2D eigenvalue weighted by Gasteiger charge is -2.39. The van der Waals surface area contributed by atoms with Gasteiger partial charge in [0, 0.05) is 13.0 Å². The largest absolute Gasteiger partial charge is 0.457 e. The zero-order valence-electron chi connectivity index (χ0n) is 40.1. The van der Waals surface area contributed by atoms with E-state index in [-0.39, 0.29) is 19.2 Å². The lowest BCUT2D eigenvalue weighted by Crippen LogP contribution is -2.59. The van der Waals surface area contributed by atoms with E-state index >= 15 is 0 Å². The van der Waals surface area contributed by atoms with Crippen LogP contribution in [0.2, 0.25) is 0 Å². The fourth-order valence-electron chi connectivity index (χ4n) is 7.38. The Labute approximate surface area is 385 Å². The molecule has 1 heterocycles. The van der Waals surface area contributed by atoms with E-state index in [1.165, 1.54) is 103 Å². The molecule has 0 aliphatic carbocycles. The zero-order valence-corrected chi connectivity index (χ0v) is 40.1. The zero-order chi connectivity index (χ0) is 45.7. The molecule has 4 N–H and O–H groups in total. The third-order valence-electron chi connectivity index (χ3n) is 11.4. The lowest BCUT2D eigenvalue weighted by atomic mass is 9.99. The van der Waals surface area contributed by atoms with Gasteiger partial charge in [-0.1, -0.05) is 189 Å². The highest BCUT2D eigenvalue weighted by atomic mass is 16.7. The molecule has 0 amide bonds. The number of unbranched alkanes of at least 4 members (excludes halogenated alkanes) is 20. The second-order valence-electron chi connectivity index (χ2n) is 17.2. The number of rotatable bonds is 43. The number of aliphatic hydroxyl groups is 4. The molecule has 0 aromatic rings. The number of carbonyl (C=O) groups excluding carboxylic acids is 1. The van der Waals surface area contributed by atoms with Crippen LogP contribution in [-0.4, -0.2) is 89.6 Å². The van der Waals surface area contributed by atoms with Crippen LogP contribution in [0, 0.1) is 0 Å². The molecule has 6 unspecified atom stereocenters. The highest BCUT2D eigenvalue weighted by Gasteiger charge is 2.44. The van der Waals surface area contributed by atoms with Crippen LogP contribution in [0.15, 0.2) is 72.9 Å². The Kier molecular flexibility index (Phi) is 41.7. The molecule has 9 heteroatoms. The predicted molar refractivity (Wildman–Crippen MR) is 260 cm³/mol. The Morgan fingerprint density at radius 3 is 1.46 bits per heavy atom. The smallest absolute Gasteiger partial charge is 0.306 e. The summed E-state index contributed by atoms with van der Waals surface area (Å²) in [7, 11) is 0. The maximum Gasteiger partial charge on any atom is 0.306 e. The molecule has 0 aromatic heterocycles. The van der Waals surface area contributed by atoms with Gasteiger partial charge in [-0.05, 0) is 77.0 Å². The minimum Gasteiger partial charge on any atom is -0.457 e. The number of aliphatic hydroxyl groups excluding tert-OH is 4. The highest BCUT2D eigenvalue weighted by molar-refractivity contribution is 5.69. The molecule has 364 valence electrons. The van der Waals surface area contributed by atoms with E-state index < -0.39 is 43.4 Å². The monoisotopic (exact) mass is 887 g/mol. The summed E-state index contributed by atoms with van der Waals surface area (Å²) in [5.41, 5.74) is 0. The summed E-state index contributed by atoms with van der Waals surface area (Å²) in [6.07, 6.45) is 52.2. The molecule has 0 saturated carbocycles. The van der Waals surface area contributed by atoms with Crippen molar-refractivity contribution in [3.63, 3.8) is 0 Å². The van der Waals surface area contributed by atoms with E-state index in [0.29, 0.717) is 13.0 Å². The van der Waals surface area contributed by atoms with Crippen LogP contribution >= 0.6 is 0 Å². The third kappa shape index (κ3) is 35.6. The summed E-state index contributed by atoms with van der Waals surface area (Å²) in [4.78, 5) is 12.8. The van der Waals surface area contributed by atoms with Gasteiger partial charge >= 0.3 is 5.97 Å². The Hall–Kier alpha value is -2.37. The van der Waals surface area contributed by atoms with E-state index in [9.17, 15) is 25.2 Å². The maximum atomic E-state index is 12.8. The van der Waals surface area contributed by atoms with Crippen LogP contribution in [0.25, 0.3) is 0 Å². The van der Waals surface area contributed by atoms with Gasteiger partial charge in [0.1, 0.15) is 30.5 Å². The molecule has 0 bridgehead atoms. The predicted octanol–water partition coefficient (Wildman–Crippen LogP) is 12.4. The molecule has 9 nitrogen and oxygen atoms in total. The van der Waals surface area contributed by atoms with Crippen molar-refractivity contribution in [3.05, 3.63) is 72.9 Å². The standard InChI is InChI=1S/C54H94O9/c1-3-5-7-9-11-13-15-17-19-20-21-22-23-24-25-26-27-28-29-31-33-35-37-39-41-43-50(56)62-48(47-61-54-53(59)52(58)51(57)49(45-55)63-54)46-60-44-42-40-38-36-34-32-30-18-16-14-12-10-8-6-4-2/h5,7,10-13,16-19,21-22,48-49,51-55,57-59H,3-4,6,8-9,14-15,20,23-47H2,1-2H3/b7-5-,12-10-,13-11-,18-16-,19-17-,22-21-. The quantitative estimate of drug-likeness (QED) is 0.0268. The Morgan fingerprint density at radius 2 is 0.968 bits per heavy atom. The van der Waals surface area contributed by atoms with Crippen molar-refractivity contribution < 1.29 is 44.2 Å². The minimum absolute atomic E-state index is 0.121. The van der Waals surface area contributed by atoms with Gasteiger partial charge < -0.3 is 39.4 Å². The van der Waals surface area contributed by atoms with Gasteiger partial charge in [-0.25, -0.2) is 0 Å². The van der Waals surface area contributed by atoms with Gasteiger partial charge in [-0.15, -0.1) is 0 Å². The molecular weight excluding hydrogens is 793 g/mol. The van der Waals surface area contributed by atoms with Crippen molar-refractivity contribution in [3.8, 4) is 0 Å². The summed E-state index contributed by atoms with van der Waals surface area (Å²) in [6.45, 7) is 4.39. The molecular formula is C54H94O9. The lowest BCUT2D eigenvalue weighted by molar-refractivity contribution is -0.305. The van der Waals surface area contributed by atoms with Crippen molar-refractivity contribution in [1.29, 1.82) is 0 Å². The summed E-state index contributed by atoms with van der Waals surface area (Å²) < 4.78 is 22.9. The Bertz CT molecular complexity index is 1190. The Balaban J connectivity index is 2.19. The molecule has 1 aliphatic heterocycles. The molecule has 1 aliphatic rings. The molecule has 6 atom stereocenters.